The summed E-state index contributed by atoms with van der Waals surface area (Å²) in [6, 6.07) is 11.4. The molecule has 0 spiro atoms. The number of thioether (sulfide) groups is 1. The number of carbonyl (C=O) groups excluding carboxylic acids is 1. The molecule has 4 nitrogen and oxygen atoms in total. The van der Waals surface area contributed by atoms with Gasteiger partial charge in [-0.1, -0.05) is 23.8 Å². The quantitative estimate of drug-likeness (QED) is 0.591. The van der Waals surface area contributed by atoms with E-state index in [4.69, 9.17) is 0 Å². The van der Waals surface area contributed by atoms with Crippen molar-refractivity contribution in [2.45, 2.75) is 38.1 Å². The monoisotopic (exact) mass is 344 g/mol. The molecule has 0 atom stereocenters. The van der Waals surface area contributed by atoms with Gasteiger partial charge in [0.2, 0.25) is 11.5 Å². The van der Waals surface area contributed by atoms with Gasteiger partial charge in [-0.05, 0) is 44.4 Å². The number of rotatable bonds is 8. The second-order valence-electron chi connectivity index (χ2n) is 5.85. The van der Waals surface area contributed by atoms with Gasteiger partial charge in [-0.15, -0.1) is 11.8 Å². The molecular formula is C19H24N2O2S. The minimum Gasteiger partial charge on any atom is -0.355 e. The molecule has 0 bridgehead atoms. The molecule has 0 saturated heterocycles. The lowest BCUT2D eigenvalue weighted by Crippen LogP contribution is -2.26. The molecule has 1 aromatic heterocycles. The van der Waals surface area contributed by atoms with Gasteiger partial charge in [0.15, 0.2) is 0 Å². The van der Waals surface area contributed by atoms with E-state index in [1.54, 1.807) is 34.7 Å². The van der Waals surface area contributed by atoms with Crippen LogP contribution in [0.25, 0.3) is 0 Å². The van der Waals surface area contributed by atoms with Crippen molar-refractivity contribution in [3.05, 3.63) is 64.1 Å². The number of amides is 1. The van der Waals surface area contributed by atoms with Crippen LogP contribution in [0.15, 0.2) is 52.3 Å². The van der Waals surface area contributed by atoms with Gasteiger partial charge in [0.05, 0.1) is 5.75 Å². The Labute approximate surface area is 147 Å². The van der Waals surface area contributed by atoms with Crippen molar-refractivity contribution >= 4 is 17.7 Å². The summed E-state index contributed by atoms with van der Waals surface area (Å²) in [5.41, 5.74) is 2.43. The fourth-order valence-corrected chi connectivity index (χ4v) is 3.29. The Kier molecular flexibility index (Phi) is 7.12. The zero-order valence-electron chi connectivity index (χ0n) is 14.2. The first-order valence-corrected chi connectivity index (χ1v) is 9.17. The fourth-order valence-electron chi connectivity index (χ4n) is 2.34. The molecule has 0 aliphatic carbocycles. The maximum Gasteiger partial charge on any atom is 0.250 e. The Bertz CT molecular complexity index is 740. The molecule has 2 rings (SSSR count). The van der Waals surface area contributed by atoms with Gasteiger partial charge in [-0.3, -0.25) is 9.59 Å². The van der Waals surface area contributed by atoms with E-state index in [0.717, 1.165) is 17.7 Å². The lowest BCUT2D eigenvalue weighted by Gasteiger charge is -2.08. The Morgan fingerprint density at radius 1 is 1.17 bits per heavy atom. The van der Waals surface area contributed by atoms with Gasteiger partial charge in [0, 0.05) is 30.2 Å². The highest BCUT2D eigenvalue weighted by Crippen LogP contribution is 2.23. The first kappa shape index (κ1) is 18.3. The van der Waals surface area contributed by atoms with Gasteiger partial charge < -0.3 is 9.88 Å². The summed E-state index contributed by atoms with van der Waals surface area (Å²) in [4.78, 5) is 24.6. The molecule has 1 N–H and O–H groups in total. The number of nitrogens with zero attached hydrogens (tertiary/aromatic N) is 1. The van der Waals surface area contributed by atoms with Crippen molar-refractivity contribution in [1.29, 1.82) is 0 Å². The standard InChI is InChI=1S/C19H24N2O2S/c1-15-8-9-16(2)17(13-15)24-14-18(22)20-10-4-6-12-21-11-5-3-7-19(21)23/h3,5,7-9,11,13H,4,6,10,12,14H2,1-2H3,(H,20,22). The highest BCUT2D eigenvalue weighted by atomic mass is 32.2. The molecule has 1 heterocycles. The molecule has 0 unspecified atom stereocenters. The SMILES string of the molecule is Cc1ccc(C)c(SCC(=O)NCCCCn2ccccc2=O)c1. The van der Waals surface area contributed by atoms with E-state index < -0.39 is 0 Å². The third-order valence-corrected chi connectivity index (χ3v) is 4.91. The van der Waals surface area contributed by atoms with E-state index in [0.29, 0.717) is 18.8 Å². The van der Waals surface area contributed by atoms with Crippen molar-refractivity contribution < 1.29 is 4.79 Å². The minimum atomic E-state index is 0.0199. The van der Waals surface area contributed by atoms with Gasteiger partial charge in [-0.2, -0.15) is 0 Å². The van der Waals surface area contributed by atoms with Crippen LogP contribution in [0.4, 0.5) is 0 Å². The third kappa shape index (κ3) is 5.89. The van der Waals surface area contributed by atoms with E-state index in [2.05, 4.69) is 37.4 Å². The molecule has 0 radical (unpaired) electrons. The van der Waals surface area contributed by atoms with Crippen molar-refractivity contribution in [2.75, 3.05) is 12.3 Å². The van der Waals surface area contributed by atoms with Crippen LogP contribution in [0.3, 0.4) is 0 Å². The average Bonchev–Trinajstić information content (AvgIpc) is 2.57. The van der Waals surface area contributed by atoms with Crippen LogP contribution in [0.1, 0.15) is 24.0 Å². The Balaban J connectivity index is 1.64. The molecule has 0 saturated carbocycles. The third-order valence-electron chi connectivity index (χ3n) is 3.75. The molecule has 0 aliphatic heterocycles. The summed E-state index contributed by atoms with van der Waals surface area (Å²) in [5, 5.41) is 2.94. The minimum absolute atomic E-state index is 0.0199. The zero-order valence-corrected chi connectivity index (χ0v) is 15.1. The number of hydrogen-bond acceptors (Lipinski definition) is 3. The number of hydrogen-bond donors (Lipinski definition) is 1. The van der Waals surface area contributed by atoms with Gasteiger partial charge in [0.1, 0.15) is 0 Å². The smallest absolute Gasteiger partial charge is 0.250 e. The summed E-state index contributed by atoms with van der Waals surface area (Å²) in [6.45, 7) is 5.45. The highest BCUT2D eigenvalue weighted by molar-refractivity contribution is 8.00. The summed E-state index contributed by atoms with van der Waals surface area (Å²) in [5.74, 6) is 0.486. The fraction of sp³-hybridized carbons (Fsp3) is 0.368. The lowest BCUT2D eigenvalue weighted by atomic mass is 10.2. The highest BCUT2D eigenvalue weighted by Gasteiger charge is 2.05. The van der Waals surface area contributed by atoms with Crippen LogP contribution in [0.2, 0.25) is 0 Å². The second-order valence-corrected chi connectivity index (χ2v) is 6.86. The zero-order chi connectivity index (χ0) is 17.4. The number of nitrogens with one attached hydrogen (secondary N) is 1. The number of carbonyl (C=O) groups is 1. The number of aromatic nitrogens is 1. The first-order chi connectivity index (χ1) is 11.6. The number of aryl methyl sites for hydroxylation is 3. The normalized spacial score (nSPS) is 10.6. The number of pyridine rings is 1. The molecule has 2 aromatic rings. The van der Waals surface area contributed by atoms with Crippen LogP contribution < -0.4 is 10.9 Å². The second kappa shape index (κ2) is 9.33. The van der Waals surface area contributed by atoms with Gasteiger partial charge in [0.25, 0.3) is 0 Å². The summed E-state index contributed by atoms with van der Waals surface area (Å²) in [7, 11) is 0. The number of benzene rings is 1. The predicted octanol–water partition coefficient (Wildman–Crippen LogP) is 3.15. The largest absolute Gasteiger partial charge is 0.355 e. The van der Waals surface area contributed by atoms with Crippen molar-refractivity contribution in [3.63, 3.8) is 0 Å². The Morgan fingerprint density at radius 2 is 2.00 bits per heavy atom. The van der Waals surface area contributed by atoms with E-state index in [9.17, 15) is 9.59 Å². The van der Waals surface area contributed by atoms with Crippen molar-refractivity contribution in [1.82, 2.24) is 9.88 Å². The average molecular weight is 344 g/mol. The molecule has 1 aromatic carbocycles. The van der Waals surface area contributed by atoms with E-state index >= 15 is 0 Å². The predicted molar refractivity (Wildman–Crippen MR) is 99.6 cm³/mol. The van der Waals surface area contributed by atoms with Crippen LogP contribution in [0.5, 0.6) is 0 Å². The molecule has 24 heavy (non-hydrogen) atoms. The van der Waals surface area contributed by atoms with E-state index in [1.807, 2.05) is 6.07 Å². The Morgan fingerprint density at radius 3 is 2.79 bits per heavy atom. The molecular weight excluding hydrogens is 320 g/mol. The van der Waals surface area contributed by atoms with Crippen LogP contribution in [-0.2, 0) is 11.3 Å². The maximum atomic E-state index is 11.9. The number of unbranched alkanes of at least 4 members (excludes halogenated alkanes) is 1. The van der Waals surface area contributed by atoms with Crippen molar-refractivity contribution in [3.8, 4) is 0 Å². The molecule has 128 valence electrons. The van der Waals surface area contributed by atoms with Crippen molar-refractivity contribution in [2.24, 2.45) is 0 Å². The van der Waals surface area contributed by atoms with Gasteiger partial charge >= 0.3 is 0 Å². The van der Waals surface area contributed by atoms with Crippen LogP contribution in [0, 0.1) is 13.8 Å². The van der Waals surface area contributed by atoms with Crippen LogP contribution >= 0.6 is 11.8 Å². The Hall–Kier alpha value is -2.01. The first-order valence-electron chi connectivity index (χ1n) is 8.18. The molecule has 0 aliphatic rings. The summed E-state index contributed by atoms with van der Waals surface area (Å²) < 4.78 is 1.69. The molecule has 5 heteroatoms. The molecule has 1 amide bonds. The van der Waals surface area contributed by atoms with Crippen LogP contribution in [-0.4, -0.2) is 22.8 Å². The summed E-state index contributed by atoms with van der Waals surface area (Å²) >= 11 is 1.57. The lowest BCUT2D eigenvalue weighted by molar-refractivity contribution is -0.118. The maximum absolute atomic E-state index is 11.9. The topological polar surface area (TPSA) is 51.1 Å². The summed E-state index contributed by atoms with van der Waals surface area (Å²) in [6.07, 6.45) is 3.53. The van der Waals surface area contributed by atoms with Gasteiger partial charge in [-0.25, -0.2) is 0 Å². The molecule has 0 fully saturated rings. The van der Waals surface area contributed by atoms with E-state index in [-0.39, 0.29) is 11.5 Å². The van der Waals surface area contributed by atoms with E-state index in [1.165, 1.54) is 11.1 Å².